The number of carbonyl (C=O) groups is 1. The first-order valence-electron chi connectivity index (χ1n) is 9.21. The Labute approximate surface area is 177 Å². The number of carbonyl (C=O) groups excluding carboxylic acids is 1. The zero-order chi connectivity index (χ0) is 20.4. The van der Waals surface area contributed by atoms with E-state index in [9.17, 15) is 4.79 Å². The number of aromatic nitrogens is 2. The summed E-state index contributed by atoms with van der Waals surface area (Å²) in [5.74, 6) is 0.767. The molecule has 0 bridgehead atoms. The minimum absolute atomic E-state index is 0.0413. The standard InChI is InChI=1S/C21H21ClN4O2S/c1-24(2)21(27)25(12-18-4-3-11-28-18)10-9-17-14-29-20-23-19(13-26(17)20)15-5-7-16(22)8-6-15/h3-8,11,13-14H,9-10,12H2,1-2H3. The molecule has 0 fully saturated rings. The van der Waals surface area contributed by atoms with Gasteiger partial charge in [0.05, 0.1) is 18.5 Å². The number of hydrogen-bond acceptors (Lipinski definition) is 4. The number of fused-ring (bicyclic) bond motifs is 1. The maximum atomic E-state index is 12.6. The zero-order valence-corrected chi connectivity index (χ0v) is 17.8. The maximum absolute atomic E-state index is 12.6. The van der Waals surface area contributed by atoms with Crippen LogP contribution in [0.2, 0.25) is 5.02 Å². The van der Waals surface area contributed by atoms with Crippen LogP contribution in [0.5, 0.6) is 0 Å². The molecule has 3 heterocycles. The van der Waals surface area contributed by atoms with Crippen molar-refractivity contribution >= 4 is 33.9 Å². The quantitative estimate of drug-likeness (QED) is 0.432. The molecule has 29 heavy (non-hydrogen) atoms. The third kappa shape index (κ3) is 4.31. The second-order valence-electron chi connectivity index (χ2n) is 6.94. The molecule has 8 heteroatoms. The second-order valence-corrected chi connectivity index (χ2v) is 8.21. The Hall–Kier alpha value is -2.77. The van der Waals surface area contributed by atoms with Crippen LogP contribution in [0.15, 0.2) is 58.7 Å². The molecule has 0 saturated carbocycles. The van der Waals surface area contributed by atoms with E-state index >= 15 is 0 Å². The first-order valence-corrected chi connectivity index (χ1v) is 10.5. The lowest BCUT2D eigenvalue weighted by atomic mass is 10.2. The van der Waals surface area contributed by atoms with E-state index in [1.165, 1.54) is 0 Å². The molecule has 0 aliphatic carbocycles. The average Bonchev–Trinajstić information content (AvgIpc) is 3.43. The third-order valence-corrected chi connectivity index (χ3v) is 5.78. The number of nitrogens with zero attached hydrogens (tertiary/aromatic N) is 4. The van der Waals surface area contributed by atoms with E-state index in [-0.39, 0.29) is 6.03 Å². The van der Waals surface area contributed by atoms with Crippen LogP contribution in [-0.4, -0.2) is 45.9 Å². The van der Waals surface area contributed by atoms with Crippen molar-refractivity contribution in [2.75, 3.05) is 20.6 Å². The van der Waals surface area contributed by atoms with Gasteiger partial charge in [-0.05, 0) is 24.3 Å². The first kappa shape index (κ1) is 19.5. The van der Waals surface area contributed by atoms with E-state index in [1.807, 2.05) is 42.6 Å². The lowest BCUT2D eigenvalue weighted by molar-refractivity contribution is 0.164. The Balaban J connectivity index is 1.53. The van der Waals surface area contributed by atoms with Crippen molar-refractivity contribution in [2.45, 2.75) is 13.0 Å². The monoisotopic (exact) mass is 428 g/mol. The summed E-state index contributed by atoms with van der Waals surface area (Å²) in [4.78, 5) is 21.6. The number of furan rings is 1. The maximum Gasteiger partial charge on any atom is 0.319 e. The number of hydrogen-bond donors (Lipinski definition) is 0. The van der Waals surface area contributed by atoms with Crippen LogP contribution in [0.25, 0.3) is 16.2 Å². The Bertz CT molecular complexity index is 1100. The van der Waals surface area contributed by atoms with E-state index in [1.54, 1.807) is 41.5 Å². The molecule has 150 valence electrons. The topological polar surface area (TPSA) is 54.0 Å². The normalized spacial score (nSPS) is 11.1. The summed E-state index contributed by atoms with van der Waals surface area (Å²) in [5, 5.41) is 2.80. The van der Waals surface area contributed by atoms with Crippen LogP contribution in [0.3, 0.4) is 0 Å². The molecule has 0 atom stereocenters. The predicted octanol–water partition coefficient (Wildman–Crippen LogP) is 5.04. The van der Waals surface area contributed by atoms with Gasteiger partial charge >= 0.3 is 6.03 Å². The van der Waals surface area contributed by atoms with Gasteiger partial charge in [0.2, 0.25) is 0 Å². The molecular formula is C21H21ClN4O2S. The molecule has 3 aromatic heterocycles. The second kappa shape index (κ2) is 8.31. The fraction of sp³-hybridized carbons (Fsp3) is 0.238. The summed E-state index contributed by atoms with van der Waals surface area (Å²) in [6, 6.07) is 11.3. The van der Waals surface area contributed by atoms with E-state index in [4.69, 9.17) is 21.0 Å². The van der Waals surface area contributed by atoms with Crippen molar-refractivity contribution in [1.29, 1.82) is 0 Å². The Morgan fingerprint density at radius 3 is 2.72 bits per heavy atom. The van der Waals surface area contributed by atoms with Crippen LogP contribution in [0, 0.1) is 0 Å². The summed E-state index contributed by atoms with van der Waals surface area (Å²) in [7, 11) is 3.52. The summed E-state index contributed by atoms with van der Waals surface area (Å²) < 4.78 is 7.52. The smallest absolute Gasteiger partial charge is 0.319 e. The molecule has 6 nitrogen and oxygen atoms in total. The van der Waals surface area contributed by atoms with Gasteiger partial charge < -0.3 is 14.2 Å². The van der Waals surface area contributed by atoms with Crippen molar-refractivity contribution in [1.82, 2.24) is 19.2 Å². The van der Waals surface area contributed by atoms with E-state index < -0.39 is 0 Å². The lowest BCUT2D eigenvalue weighted by Gasteiger charge is -2.25. The fourth-order valence-corrected chi connectivity index (χ4v) is 4.17. The third-order valence-electron chi connectivity index (χ3n) is 4.64. The highest BCUT2D eigenvalue weighted by Gasteiger charge is 2.18. The average molecular weight is 429 g/mol. The molecule has 1 aromatic carbocycles. The minimum atomic E-state index is -0.0413. The van der Waals surface area contributed by atoms with Crippen LogP contribution in [0.4, 0.5) is 4.79 Å². The van der Waals surface area contributed by atoms with Crippen LogP contribution in [0.1, 0.15) is 11.5 Å². The number of benzene rings is 1. The molecule has 0 spiro atoms. The van der Waals surface area contributed by atoms with Crippen molar-refractivity contribution in [3.63, 3.8) is 0 Å². The van der Waals surface area contributed by atoms with Crippen molar-refractivity contribution in [3.05, 3.63) is 70.7 Å². The highest BCUT2D eigenvalue weighted by molar-refractivity contribution is 7.15. The van der Waals surface area contributed by atoms with Gasteiger partial charge in [-0.25, -0.2) is 9.78 Å². The van der Waals surface area contributed by atoms with Crippen molar-refractivity contribution in [2.24, 2.45) is 0 Å². The largest absolute Gasteiger partial charge is 0.467 e. The number of urea groups is 1. The van der Waals surface area contributed by atoms with Crippen molar-refractivity contribution in [3.8, 4) is 11.3 Å². The highest BCUT2D eigenvalue weighted by atomic mass is 35.5. The Kier molecular flexibility index (Phi) is 5.60. The van der Waals surface area contributed by atoms with E-state index in [2.05, 4.69) is 9.78 Å². The summed E-state index contributed by atoms with van der Waals surface area (Å²) in [5.41, 5.74) is 3.05. The number of imidazole rings is 1. The van der Waals surface area contributed by atoms with E-state index in [0.29, 0.717) is 18.1 Å². The number of halogens is 1. The molecule has 0 saturated heterocycles. The molecule has 2 amide bonds. The number of amides is 2. The Morgan fingerprint density at radius 1 is 1.24 bits per heavy atom. The van der Waals surface area contributed by atoms with Crippen LogP contribution in [-0.2, 0) is 13.0 Å². The SMILES string of the molecule is CN(C)C(=O)N(CCc1csc2nc(-c3ccc(Cl)cc3)cn12)Cc1ccco1. The van der Waals surface area contributed by atoms with Gasteiger partial charge in [-0.1, -0.05) is 23.7 Å². The molecule has 0 aliphatic rings. The highest BCUT2D eigenvalue weighted by Crippen LogP contribution is 2.25. The molecule has 4 rings (SSSR count). The summed E-state index contributed by atoms with van der Waals surface area (Å²) in [6.07, 6.45) is 4.38. The van der Waals surface area contributed by atoms with Gasteiger partial charge in [0.25, 0.3) is 0 Å². The molecule has 0 N–H and O–H groups in total. The van der Waals surface area contributed by atoms with Gasteiger partial charge in [-0.15, -0.1) is 11.3 Å². The summed E-state index contributed by atoms with van der Waals surface area (Å²) >= 11 is 7.58. The molecular weight excluding hydrogens is 408 g/mol. The van der Waals surface area contributed by atoms with Crippen molar-refractivity contribution < 1.29 is 9.21 Å². The lowest BCUT2D eigenvalue weighted by Crippen LogP contribution is -2.39. The number of rotatable bonds is 6. The van der Waals surface area contributed by atoms with E-state index in [0.717, 1.165) is 34.1 Å². The molecule has 0 unspecified atom stereocenters. The molecule has 0 radical (unpaired) electrons. The van der Waals surface area contributed by atoms with Crippen LogP contribution < -0.4 is 0 Å². The number of thiazole rings is 1. The summed E-state index contributed by atoms with van der Waals surface area (Å²) in [6.45, 7) is 1.02. The van der Waals surface area contributed by atoms with Crippen LogP contribution >= 0.6 is 22.9 Å². The Morgan fingerprint density at radius 2 is 2.03 bits per heavy atom. The van der Waals surface area contributed by atoms with Gasteiger partial charge in [0, 0.05) is 54.9 Å². The van der Waals surface area contributed by atoms with Gasteiger partial charge in [-0.2, -0.15) is 0 Å². The first-order chi connectivity index (χ1) is 14.0. The van der Waals surface area contributed by atoms with Gasteiger partial charge in [0.15, 0.2) is 4.96 Å². The fourth-order valence-electron chi connectivity index (χ4n) is 3.13. The zero-order valence-electron chi connectivity index (χ0n) is 16.2. The van der Waals surface area contributed by atoms with Gasteiger partial charge in [-0.3, -0.25) is 4.40 Å². The molecule has 0 aliphatic heterocycles. The van der Waals surface area contributed by atoms with Gasteiger partial charge in [0.1, 0.15) is 5.76 Å². The molecule has 4 aromatic rings. The predicted molar refractivity (Wildman–Crippen MR) is 115 cm³/mol. The minimum Gasteiger partial charge on any atom is -0.467 e.